The Morgan fingerprint density at radius 2 is 1.83 bits per heavy atom. The first-order valence-corrected chi connectivity index (χ1v) is 12.9. The molecule has 9 nitrogen and oxygen atoms in total. The van der Waals surface area contributed by atoms with Crippen LogP contribution in [0.2, 0.25) is 0 Å². The second-order valence-corrected chi connectivity index (χ2v) is 11.7. The number of thiophene rings is 1. The van der Waals surface area contributed by atoms with Crippen molar-refractivity contribution in [1.82, 2.24) is 13.9 Å². The lowest BCUT2D eigenvalue weighted by Crippen LogP contribution is -2.41. The van der Waals surface area contributed by atoms with Gasteiger partial charge >= 0.3 is 0 Å². The van der Waals surface area contributed by atoms with Crippen LogP contribution in [0.15, 0.2) is 50.9 Å². The first kappa shape index (κ1) is 22.8. The minimum atomic E-state index is -3.74. The number of carbonyl (C=O) groups excluding carboxylic acids is 1. The molecule has 12 heteroatoms. The number of hydrogen-bond donors (Lipinski definition) is 1. The van der Waals surface area contributed by atoms with E-state index in [9.17, 15) is 21.6 Å². The Labute approximate surface area is 180 Å². The molecule has 0 saturated carbocycles. The molecule has 1 fully saturated rings. The zero-order chi connectivity index (χ0) is 21.8. The van der Waals surface area contributed by atoms with Crippen molar-refractivity contribution >= 4 is 37.3 Å². The van der Waals surface area contributed by atoms with Crippen LogP contribution in [-0.4, -0.2) is 71.2 Å². The van der Waals surface area contributed by atoms with Crippen LogP contribution in [0.3, 0.4) is 0 Å². The fraction of sp³-hybridized carbons (Fsp3) is 0.389. The van der Waals surface area contributed by atoms with Gasteiger partial charge in [0, 0.05) is 26.7 Å². The maximum atomic E-state index is 13.0. The minimum Gasteiger partial charge on any atom is -0.379 e. The first-order chi connectivity index (χ1) is 14.2. The van der Waals surface area contributed by atoms with Gasteiger partial charge in [0.2, 0.25) is 15.9 Å². The Kier molecular flexibility index (Phi) is 7.26. The van der Waals surface area contributed by atoms with Crippen LogP contribution >= 0.6 is 11.3 Å². The molecule has 0 atom stereocenters. The molecule has 1 saturated heterocycles. The van der Waals surface area contributed by atoms with E-state index in [4.69, 9.17) is 4.74 Å². The van der Waals surface area contributed by atoms with Crippen molar-refractivity contribution in [2.75, 3.05) is 39.9 Å². The second-order valence-electron chi connectivity index (χ2n) is 6.59. The molecule has 164 valence electrons. The molecule has 1 aliphatic rings. The monoisotopic (exact) mass is 473 g/mol. The average Bonchev–Trinajstić information content (AvgIpc) is 3.29. The number of hydrogen-bond acceptors (Lipinski definition) is 7. The van der Waals surface area contributed by atoms with E-state index in [-0.39, 0.29) is 35.3 Å². The summed E-state index contributed by atoms with van der Waals surface area (Å²) < 4.78 is 58.5. The van der Waals surface area contributed by atoms with Gasteiger partial charge in [0.1, 0.15) is 4.21 Å². The Morgan fingerprint density at radius 1 is 1.13 bits per heavy atom. The molecule has 1 N–H and O–H groups in total. The van der Waals surface area contributed by atoms with Crippen LogP contribution in [0.25, 0.3) is 0 Å². The fourth-order valence-corrected chi connectivity index (χ4v) is 6.89. The summed E-state index contributed by atoms with van der Waals surface area (Å²) in [7, 11) is -6.14. The van der Waals surface area contributed by atoms with E-state index < -0.39 is 26.0 Å². The van der Waals surface area contributed by atoms with Gasteiger partial charge in [-0.2, -0.15) is 8.61 Å². The van der Waals surface area contributed by atoms with Gasteiger partial charge in [0.05, 0.1) is 24.7 Å². The van der Waals surface area contributed by atoms with E-state index in [0.717, 1.165) is 15.6 Å². The molecule has 30 heavy (non-hydrogen) atoms. The molecule has 0 radical (unpaired) electrons. The van der Waals surface area contributed by atoms with E-state index in [2.05, 4.69) is 5.32 Å². The molecule has 0 aliphatic carbocycles. The van der Waals surface area contributed by atoms with Gasteiger partial charge in [-0.25, -0.2) is 16.8 Å². The van der Waals surface area contributed by atoms with Gasteiger partial charge in [0.25, 0.3) is 10.0 Å². The number of likely N-dealkylation sites (N-methyl/N-ethyl adjacent to an activating group) is 1. The van der Waals surface area contributed by atoms with Gasteiger partial charge in [0.15, 0.2) is 0 Å². The van der Waals surface area contributed by atoms with E-state index in [1.165, 1.54) is 23.5 Å². The summed E-state index contributed by atoms with van der Waals surface area (Å²) in [5.41, 5.74) is 0.432. The number of rotatable bonds is 8. The van der Waals surface area contributed by atoms with Crippen molar-refractivity contribution < 1.29 is 26.4 Å². The molecule has 2 heterocycles. The van der Waals surface area contributed by atoms with Gasteiger partial charge in [-0.3, -0.25) is 4.79 Å². The fourth-order valence-electron chi connectivity index (χ4n) is 2.93. The van der Waals surface area contributed by atoms with Crippen LogP contribution in [0.4, 0.5) is 0 Å². The summed E-state index contributed by atoms with van der Waals surface area (Å²) >= 11 is 1.07. The third-order valence-corrected chi connectivity index (χ3v) is 9.74. The van der Waals surface area contributed by atoms with Crippen LogP contribution in [0, 0.1) is 0 Å². The predicted octanol–water partition coefficient (Wildman–Crippen LogP) is 0.706. The maximum absolute atomic E-state index is 13.0. The maximum Gasteiger partial charge on any atom is 0.252 e. The van der Waals surface area contributed by atoms with Crippen LogP contribution in [0.5, 0.6) is 0 Å². The predicted molar refractivity (Wildman–Crippen MR) is 112 cm³/mol. The van der Waals surface area contributed by atoms with E-state index in [0.29, 0.717) is 18.8 Å². The number of sulfonamides is 2. The molecule has 2 aromatic rings. The first-order valence-electron chi connectivity index (χ1n) is 9.15. The number of carbonyl (C=O) groups is 1. The molecular formula is C18H23N3O6S3. The Balaban J connectivity index is 1.67. The van der Waals surface area contributed by atoms with Crippen molar-refractivity contribution in [2.24, 2.45) is 0 Å². The molecule has 1 aromatic carbocycles. The molecule has 1 aliphatic heterocycles. The third-order valence-electron chi connectivity index (χ3n) is 4.56. The lowest BCUT2D eigenvalue weighted by Gasteiger charge is -2.27. The summed E-state index contributed by atoms with van der Waals surface area (Å²) in [6, 6.07) is 9.53. The van der Waals surface area contributed by atoms with Crippen molar-refractivity contribution in [2.45, 2.75) is 15.6 Å². The standard InChI is InChI=1S/C18H23N3O6S3/c1-20(30(25,26)18-7-4-12-28-18)14-17(22)19-13-15-5-2-3-6-16(15)29(23,24)21-8-10-27-11-9-21/h2-7,12H,8-11,13-14H2,1H3,(H,19,22). The number of morpholine rings is 1. The summed E-state index contributed by atoms with van der Waals surface area (Å²) in [5, 5.41) is 4.26. The van der Waals surface area contributed by atoms with Crippen molar-refractivity contribution in [3.63, 3.8) is 0 Å². The highest BCUT2D eigenvalue weighted by molar-refractivity contribution is 7.91. The smallest absolute Gasteiger partial charge is 0.252 e. The Morgan fingerprint density at radius 3 is 2.50 bits per heavy atom. The lowest BCUT2D eigenvalue weighted by molar-refractivity contribution is -0.121. The second kappa shape index (κ2) is 9.54. The molecule has 1 aromatic heterocycles. The normalized spacial score (nSPS) is 15.9. The summed E-state index contributed by atoms with van der Waals surface area (Å²) in [6.07, 6.45) is 0. The molecule has 0 spiro atoms. The number of nitrogens with one attached hydrogen (secondary N) is 1. The quantitative estimate of drug-likeness (QED) is 0.604. The Bertz CT molecular complexity index is 1080. The zero-order valence-corrected chi connectivity index (χ0v) is 18.8. The van der Waals surface area contributed by atoms with Crippen LogP contribution in [0.1, 0.15) is 5.56 Å². The number of ether oxygens (including phenoxy) is 1. The minimum absolute atomic E-state index is 0.0362. The van der Waals surface area contributed by atoms with Gasteiger partial charge in [-0.15, -0.1) is 11.3 Å². The topological polar surface area (TPSA) is 113 Å². The van der Waals surface area contributed by atoms with Crippen molar-refractivity contribution in [1.29, 1.82) is 0 Å². The average molecular weight is 474 g/mol. The molecular weight excluding hydrogens is 450 g/mol. The molecule has 0 unspecified atom stereocenters. The largest absolute Gasteiger partial charge is 0.379 e. The number of amides is 1. The summed E-state index contributed by atoms with van der Waals surface area (Å²) in [6.45, 7) is 0.805. The van der Waals surface area contributed by atoms with Crippen molar-refractivity contribution in [3.05, 3.63) is 47.3 Å². The number of nitrogens with zero attached hydrogens (tertiary/aromatic N) is 2. The van der Waals surface area contributed by atoms with Crippen molar-refractivity contribution in [3.8, 4) is 0 Å². The highest BCUT2D eigenvalue weighted by atomic mass is 32.2. The number of benzene rings is 1. The van der Waals surface area contributed by atoms with E-state index in [1.807, 2.05) is 0 Å². The highest BCUT2D eigenvalue weighted by Gasteiger charge is 2.28. The van der Waals surface area contributed by atoms with Gasteiger partial charge < -0.3 is 10.1 Å². The zero-order valence-electron chi connectivity index (χ0n) is 16.4. The van der Waals surface area contributed by atoms with Crippen LogP contribution in [-0.2, 0) is 36.1 Å². The van der Waals surface area contributed by atoms with Crippen LogP contribution < -0.4 is 5.32 Å². The van der Waals surface area contributed by atoms with Gasteiger partial charge in [-0.1, -0.05) is 24.3 Å². The highest BCUT2D eigenvalue weighted by Crippen LogP contribution is 2.22. The third kappa shape index (κ3) is 5.07. The summed E-state index contributed by atoms with van der Waals surface area (Å²) in [4.78, 5) is 12.4. The van der Waals surface area contributed by atoms with Gasteiger partial charge in [-0.05, 0) is 23.1 Å². The lowest BCUT2D eigenvalue weighted by atomic mass is 10.2. The SMILES string of the molecule is CN(CC(=O)NCc1ccccc1S(=O)(=O)N1CCOCC1)S(=O)(=O)c1cccs1. The molecule has 3 rings (SSSR count). The van der Waals surface area contributed by atoms with E-state index >= 15 is 0 Å². The Hall–Kier alpha value is -1.83. The van der Waals surface area contributed by atoms with E-state index in [1.54, 1.807) is 29.6 Å². The molecule has 0 bridgehead atoms. The summed E-state index contributed by atoms with van der Waals surface area (Å²) in [5.74, 6) is -0.531. The molecule has 1 amide bonds.